The zero-order valence-electron chi connectivity index (χ0n) is 12.3. The first-order valence-electron chi connectivity index (χ1n) is 6.45. The maximum atomic E-state index is 12.0. The summed E-state index contributed by atoms with van der Waals surface area (Å²) in [6.07, 6.45) is 1.28. The predicted octanol–water partition coefficient (Wildman–Crippen LogP) is 3.19. The van der Waals surface area contributed by atoms with E-state index >= 15 is 0 Å². The fourth-order valence-corrected chi connectivity index (χ4v) is 2.20. The monoisotopic (exact) mass is 266 g/mol. The Morgan fingerprint density at radius 3 is 1.89 bits per heavy atom. The Bertz CT molecular complexity index is 415. The Balaban J connectivity index is 3.32. The first kappa shape index (κ1) is 15.3. The Kier molecular flexibility index (Phi) is 5.67. The maximum Gasteiger partial charge on any atom is 0.203 e. The van der Waals surface area contributed by atoms with E-state index in [2.05, 4.69) is 0 Å². The van der Waals surface area contributed by atoms with E-state index in [1.54, 1.807) is 21.3 Å². The highest BCUT2D eigenvalue weighted by atomic mass is 16.5. The van der Waals surface area contributed by atoms with Crippen molar-refractivity contribution < 1.29 is 19.0 Å². The Labute approximate surface area is 114 Å². The minimum Gasteiger partial charge on any atom is -0.493 e. The van der Waals surface area contributed by atoms with E-state index in [0.29, 0.717) is 23.7 Å². The normalized spacial score (nSPS) is 11.8. The summed E-state index contributed by atoms with van der Waals surface area (Å²) < 4.78 is 15.9. The number of methoxy groups -OCH3 is 3. The maximum absolute atomic E-state index is 12.0. The number of hydrogen-bond donors (Lipinski definition) is 0. The van der Waals surface area contributed by atoms with Gasteiger partial charge in [0.25, 0.3) is 0 Å². The van der Waals surface area contributed by atoms with Crippen LogP contribution in [0.1, 0.15) is 38.2 Å². The molecular weight excluding hydrogens is 244 g/mol. The molecule has 1 aromatic carbocycles. The molecule has 0 N–H and O–H groups in total. The summed E-state index contributed by atoms with van der Waals surface area (Å²) in [6.45, 7) is 3.88. The van der Waals surface area contributed by atoms with Gasteiger partial charge in [0.05, 0.1) is 21.3 Å². The third-order valence-electron chi connectivity index (χ3n) is 3.23. The molecule has 1 unspecified atom stereocenters. The third kappa shape index (κ3) is 3.19. The lowest BCUT2D eigenvalue weighted by Gasteiger charge is -2.18. The van der Waals surface area contributed by atoms with Crippen LogP contribution >= 0.6 is 0 Å². The molecule has 1 atom stereocenters. The Morgan fingerprint density at radius 2 is 1.58 bits per heavy atom. The standard InChI is InChI=1S/C15H22O4/c1-6-11(12(16)7-2)10-8-13(17-3)15(19-5)14(9-10)18-4/h8-9,11H,6-7H2,1-5H3. The lowest BCUT2D eigenvalue weighted by atomic mass is 9.90. The summed E-state index contributed by atoms with van der Waals surface area (Å²) in [5.41, 5.74) is 0.906. The summed E-state index contributed by atoms with van der Waals surface area (Å²) in [5.74, 6) is 1.81. The van der Waals surface area contributed by atoms with Gasteiger partial charge in [0, 0.05) is 12.3 Å². The number of hydrogen-bond acceptors (Lipinski definition) is 4. The van der Waals surface area contributed by atoms with Crippen LogP contribution in [-0.2, 0) is 4.79 Å². The molecule has 0 radical (unpaired) electrons. The fraction of sp³-hybridized carbons (Fsp3) is 0.533. The van der Waals surface area contributed by atoms with Crippen molar-refractivity contribution in [1.29, 1.82) is 0 Å². The summed E-state index contributed by atoms with van der Waals surface area (Å²) in [5, 5.41) is 0. The lowest BCUT2D eigenvalue weighted by Crippen LogP contribution is -2.11. The molecule has 0 aliphatic heterocycles. The third-order valence-corrected chi connectivity index (χ3v) is 3.23. The van der Waals surface area contributed by atoms with Gasteiger partial charge in [-0.2, -0.15) is 0 Å². The summed E-state index contributed by atoms with van der Waals surface area (Å²) >= 11 is 0. The number of benzene rings is 1. The van der Waals surface area contributed by atoms with Crippen LogP contribution < -0.4 is 14.2 Å². The molecule has 0 saturated heterocycles. The number of ketones is 1. The van der Waals surface area contributed by atoms with Crippen LogP contribution in [0.15, 0.2) is 12.1 Å². The van der Waals surface area contributed by atoms with E-state index in [0.717, 1.165) is 12.0 Å². The van der Waals surface area contributed by atoms with Crippen LogP contribution in [0.4, 0.5) is 0 Å². The minimum absolute atomic E-state index is 0.126. The average molecular weight is 266 g/mol. The molecule has 0 amide bonds. The largest absolute Gasteiger partial charge is 0.493 e. The topological polar surface area (TPSA) is 44.8 Å². The molecule has 1 rings (SSSR count). The number of Topliss-reactive ketones (excluding diaryl/α,β-unsaturated/α-hetero) is 1. The van der Waals surface area contributed by atoms with Crippen molar-refractivity contribution in [1.82, 2.24) is 0 Å². The quantitative estimate of drug-likeness (QED) is 0.760. The SMILES string of the molecule is CCC(=O)C(CC)c1cc(OC)c(OC)c(OC)c1. The van der Waals surface area contributed by atoms with Crippen molar-refractivity contribution >= 4 is 5.78 Å². The number of carbonyl (C=O) groups is 1. The van der Waals surface area contributed by atoms with E-state index in [1.807, 2.05) is 26.0 Å². The molecule has 4 nitrogen and oxygen atoms in total. The number of carbonyl (C=O) groups excluding carboxylic acids is 1. The van der Waals surface area contributed by atoms with Gasteiger partial charge in [-0.05, 0) is 24.1 Å². The van der Waals surface area contributed by atoms with Crippen LogP contribution in [0.2, 0.25) is 0 Å². The van der Waals surface area contributed by atoms with E-state index in [9.17, 15) is 4.79 Å². The van der Waals surface area contributed by atoms with Gasteiger partial charge in [0.15, 0.2) is 11.5 Å². The molecule has 0 aliphatic carbocycles. The highest BCUT2D eigenvalue weighted by Gasteiger charge is 2.21. The molecular formula is C15H22O4. The molecule has 19 heavy (non-hydrogen) atoms. The lowest BCUT2D eigenvalue weighted by molar-refractivity contribution is -0.120. The molecule has 0 fully saturated rings. The van der Waals surface area contributed by atoms with Gasteiger partial charge in [-0.15, -0.1) is 0 Å². The second-order valence-electron chi connectivity index (χ2n) is 4.24. The molecule has 1 aromatic rings. The van der Waals surface area contributed by atoms with Crippen molar-refractivity contribution in [3.05, 3.63) is 17.7 Å². The average Bonchev–Trinajstić information content (AvgIpc) is 2.46. The summed E-state index contributed by atoms with van der Waals surface area (Å²) in [7, 11) is 4.71. The summed E-state index contributed by atoms with van der Waals surface area (Å²) in [4.78, 5) is 12.0. The van der Waals surface area contributed by atoms with Gasteiger partial charge in [-0.25, -0.2) is 0 Å². The van der Waals surface area contributed by atoms with E-state index in [4.69, 9.17) is 14.2 Å². The highest BCUT2D eigenvalue weighted by Crippen LogP contribution is 2.40. The molecule has 4 heteroatoms. The Hall–Kier alpha value is -1.71. The van der Waals surface area contributed by atoms with Crippen molar-refractivity contribution in [3.63, 3.8) is 0 Å². The minimum atomic E-state index is -0.126. The van der Waals surface area contributed by atoms with Gasteiger partial charge in [0.2, 0.25) is 5.75 Å². The van der Waals surface area contributed by atoms with Crippen LogP contribution in [0, 0.1) is 0 Å². The fourth-order valence-electron chi connectivity index (χ4n) is 2.20. The molecule has 0 bridgehead atoms. The van der Waals surface area contributed by atoms with E-state index in [1.165, 1.54) is 0 Å². The molecule has 0 saturated carbocycles. The zero-order valence-corrected chi connectivity index (χ0v) is 12.3. The van der Waals surface area contributed by atoms with Crippen LogP contribution in [0.5, 0.6) is 17.2 Å². The van der Waals surface area contributed by atoms with Gasteiger partial charge in [-0.3, -0.25) is 4.79 Å². The molecule has 0 heterocycles. The van der Waals surface area contributed by atoms with Gasteiger partial charge in [0.1, 0.15) is 5.78 Å². The van der Waals surface area contributed by atoms with Gasteiger partial charge >= 0.3 is 0 Å². The molecule has 0 aromatic heterocycles. The van der Waals surface area contributed by atoms with Crippen molar-refractivity contribution in [2.45, 2.75) is 32.6 Å². The van der Waals surface area contributed by atoms with Crippen LogP contribution in [-0.4, -0.2) is 27.1 Å². The first-order chi connectivity index (χ1) is 9.12. The highest BCUT2D eigenvalue weighted by molar-refractivity contribution is 5.85. The predicted molar refractivity (Wildman–Crippen MR) is 74.4 cm³/mol. The molecule has 0 spiro atoms. The molecule has 0 aliphatic rings. The van der Waals surface area contributed by atoms with Gasteiger partial charge < -0.3 is 14.2 Å². The van der Waals surface area contributed by atoms with Crippen molar-refractivity contribution in [3.8, 4) is 17.2 Å². The zero-order chi connectivity index (χ0) is 14.4. The smallest absolute Gasteiger partial charge is 0.203 e. The Morgan fingerprint density at radius 1 is 1.05 bits per heavy atom. The second kappa shape index (κ2) is 7.02. The van der Waals surface area contributed by atoms with E-state index < -0.39 is 0 Å². The van der Waals surface area contributed by atoms with E-state index in [-0.39, 0.29) is 11.7 Å². The van der Waals surface area contributed by atoms with Crippen LogP contribution in [0.25, 0.3) is 0 Å². The van der Waals surface area contributed by atoms with Crippen molar-refractivity contribution in [2.75, 3.05) is 21.3 Å². The molecule has 106 valence electrons. The first-order valence-corrected chi connectivity index (χ1v) is 6.45. The van der Waals surface area contributed by atoms with Crippen LogP contribution in [0.3, 0.4) is 0 Å². The number of ether oxygens (including phenoxy) is 3. The van der Waals surface area contributed by atoms with Crippen molar-refractivity contribution in [2.24, 2.45) is 0 Å². The van der Waals surface area contributed by atoms with Gasteiger partial charge in [-0.1, -0.05) is 13.8 Å². The second-order valence-corrected chi connectivity index (χ2v) is 4.24. The number of rotatable bonds is 7. The summed E-state index contributed by atoms with van der Waals surface area (Å²) in [6, 6.07) is 3.70.